The molecule has 2 rings (SSSR count). The predicted molar refractivity (Wildman–Crippen MR) is 125 cm³/mol. The molecule has 0 aromatic carbocycles. The third-order valence-corrected chi connectivity index (χ3v) is 2.86. The van der Waals surface area contributed by atoms with Crippen molar-refractivity contribution in [2.45, 2.75) is 18.7 Å². The van der Waals surface area contributed by atoms with Crippen LogP contribution in [0.3, 0.4) is 0 Å². The fourth-order valence-electron chi connectivity index (χ4n) is 1.57. The Balaban J connectivity index is 0. The number of aldehydes is 2. The van der Waals surface area contributed by atoms with E-state index in [2.05, 4.69) is 70.1 Å². The number of halogens is 7. The van der Waals surface area contributed by atoms with Gasteiger partial charge in [-0.1, -0.05) is 30.6 Å². The predicted octanol–water partition coefficient (Wildman–Crippen LogP) is 6.17. The summed E-state index contributed by atoms with van der Waals surface area (Å²) in [5.41, 5.74) is 0.332. The zero-order valence-corrected chi connectivity index (χ0v) is 22.5. The topological polar surface area (TPSA) is 69.8 Å². The maximum atomic E-state index is 12.0. The third kappa shape index (κ3) is 12.3. The van der Waals surface area contributed by atoms with Crippen molar-refractivity contribution in [2.75, 3.05) is 0 Å². The minimum atomic E-state index is -2.68. The number of hydrogen-bond donors (Lipinski definition) is 0. The van der Waals surface area contributed by atoms with Crippen molar-refractivity contribution in [2.24, 2.45) is 14.1 Å². The molecule has 0 aliphatic heterocycles. The Bertz CT molecular complexity index is 659. The molecule has 14 heteroatoms. The van der Waals surface area contributed by atoms with Gasteiger partial charge in [0.15, 0.2) is 17.4 Å². The molecule has 0 aliphatic carbocycles. The van der Waals surface area contributed by atoms with Crippen LogP contribution < -0.4 is 0 Å². The summed E-state index contributed by atoms with van der Waals surface area (Å²) >= 11 is 18.4. The van der Waals surface area contributed by atoms with Crippen molar-refractivity contribution < 1.29 is 23.3 Å². The fraction of sp³-hybridized carbons (Fsp3) is 0.385. The summed E-state index contributed by atoms with van der Waals surface area (Å²) < 4.78 is 26.7. The second-order valence-corrected chi connectivity index (χ2v) is 40.8. The molecule has 0 N–H and O–H groups in total. The van der Waals surface area contributed by atoms with Crippen LogP contribution in [0, 0.1) is 0 Å². The van der Waals surface area contributed by atoms with E-state index in [0.29, 0.717) is 23.8 Å². The summed E-state index contributed by atoms with van der Waals surface area (Å²) in [5.74, 6) is 0. The van der Waals surface area contributed by atoms with Gasteiger partial charge in [-0.2, -0.15) is 10.2 Å². The molecule has 0 saturated carbocycles. The SMILES string of the molecule is C.Cn1cc(C=O)c(C(Cl)Cl)n1.Cn1cc(C=O)c(C(F)F)n1.[I][V]([I])[I]. The fourth-order valence-corrected chi connectivity index (χ4v) is 1.91. The molecule has 0 aliphatic rings. The van der Waals surface area contributed by atoms with E-state index in [9.17, 15) is 18.4 Å². The number of rotatable bonds is 4. The summed E-state index contributed by atoms with van der Waals surface area (Å²) in [6.07, 6.45) is 1.19. The molecule has 0 radical (unpaired) electrons. The van der Waals surface area contributed by atoms with Crippen LogP contribution in [0.15, 0.2) is 12.4 Å². The Kier molecular flexibility index (Phi) is 17.6. The van der Waals surface area contributed by atoms with Crippen molar-refractivity contribution in [3.05, 3.63) is 34.9 Å². The molecule has 0 bridgehead atoms. The van der Waals surface area contributed by atoms with Gasteiger partial charge in [0, 0.05) is 26.5 Å². The molecular formula is C13H16Cl2F2I3N4O2V. The number of carbonyl (C=O) groups is 2. The van der Waals surface area contributed by atoms with Gasteiger partial charge in [-0.05, 0) is 0 Å². The van der Waals surface area contributed by atoms with Crippen LogP contribution in [0.25, 0.3) is 0 Å². The van der Waals surface area contributed by atoms with Gasteiger partial charge in [-0.15, -0.1) is 0 Å². The first-order valence-electron chi connectivity index (χ1n) is 6.34. The first kappa shape index (κ1) is 30.2. The Morgan fingerprint density at radius 3 is 1.56 bits per heavy atom. The van der Waals surface area contributed by atoms with Crippen LogP contribution in [0.4, 0.5) is 8.78 Å². The Labute approximate surface area is 203 Å². The molecule has 0 atom stereocenters. The van der Waals surface area contributed by atoms with E-state index in [4.69, 9.17) is 23.2 Å². The van der Waals surface area contributed by atoms with Crippen LogP contribution in [-0.4, -0.2) is 32.1 Å². The summed E-state index contributed by atoms with van der Waals surface area (Å²) in [5, 5.41) is 7.32. The van der Waals surface area contributed by atoms with Gasteiger partial charge in [-0.3, -0.25) is 19.0 Å². The van der Waals surface area contributed by atoms with Gasteiger partial charge in [0.1, 0.15) is 11.4 Å². The average molecular weight is 801 g/mol. The van der Waals surface area contributed by atoms with Gasteiger partial charge in [0.25, 0.3) is 6.43 Å². The molecule has 6 nitrogen and oxygen atoms in total. The second-order valence-electron chi connectivity index (χ2n) is 4.32. The van der Waals surface area contributed by atoms with Crippen LogP contribution >= 0.6 is 83.1 Å². The van der Waals surface area contributed by atoms with Crippen LogP contribution in [0.1, 0.15) is 50.8 Å². The molecule has 0 amide bonds. The minimum absolute atomic E-state index is 0. The molecule has 154 valence electrons. The molecular weight excluding hydrogens is 785 g/mol. The van der Waals surface area contributed by atoms with Crippen molar-refractivity contribution >= 4 is 95.7 Å². The van der Waals surface area contributed by atoms with E-state index in [0.717, 1.165) is 0 Å². The van der Waals surface area contributed by atoms with E-state index >= 15 is 0 Å². The van der Waals surface area contributed by atoms with E-state index < -0.39 is 17.0 Å². The van der Waals surface area contributed by atoms with E-state index in [-0.39, 0.29) is 17.9 Å². The standard InChI is InChI=1S/C6H6Cl2N2O.C6H6F2N2O.CH4.3HI.V/c2*1-10-2-4(3-11)5(9-10)6(7)8;;;;;/h2*2-3,6H,1H3;1H4;3*1H;/q;;;;;;+3/p-3. The van der Waals surface area contributed by atoms with Crippen LogP contribution in [0.5, 0.6) is 0 Å². The van der Waals surface area contributed by atoms with Gasteiger partial charge < -0.3 is 0 Å². The van der Waals surface area contributed by atoms with Crippen LogP contribution in [0.2, 0.25) is 0 Å². The van der Waals surface area contributed by atoms with Gasteiger partial charge in [0.05, 0.1) is 11.1 Å². The van der Waals surface area contributed by atoms with Crippen LogP contribution in [-0.2, 0) is 19.0 Å². The summed E-state index contributed by atoms with van der Waals surface area (Å²) in [6.45, 7) is 0. The Morgan fingerprint density at radius 1 is 1.00 bits per heavy atom. The summed E-state index contributed by atoms with van der Waals surface area (Å²) in [7, 11) is 3.19. The first-order valence-corrected chi connectivity index (χ1v) is 20.7. The van der Waals surface area contributed by atoms with Gasteiger partial charge in [-0.25, -0.2) is 8.78 Å². The third-order valence-electron chi connectivity index (χ3n) is 2.44. The zero-order valence-electron chi connectivity index (χ0n) is 13.2. The molecule has 0 spiro atoms. The maximum absolute atomic E-state index is 12.0. The molecule has 0 fully saturated rings. The number of aromatic nitrogens is 4. The van der Waals surface area contributed by atoms with Crippen molar-refractivity contribution in [3.8, 4) is 0 Å². The monoisotopic (exact) mass is 800 g/mol. The van der Waals surface area contributed by atoms with Crippen molar-refractivity contribution in [1.82, 2.24) is 19.6 Å². The van der Waals surface area contributed by atoms with E-state index in [1.54, 1.807) is 13.2 Å². The molecule has 2 aromatic heterocycles. The molecule has 0 unspecified atom stereocenters. The van der Waals surface area contributed by atoms with Gasteiger partial charge >= 0.3 is 64.9 Å². The summed E-state index contributed by atoms with van der Waals surface area (Å²) in [6, 6.07) is 0. The number of nitrogens with zero attached hydrogens (tertiary/aromatic N) is 4. The number of carbonyl (C=O) groups excluding carboxylic acids is 2. The number of hydrogen-bond acceptors (Lipinski definition) is 4. The summed E-state index contributed by atoms with van der Waals surface area (Å²) in [4.78, 5) is 19.5. The second kappa shape index (κ2) is 15.8. The zero-order chi connectivity index (χ0) is 20.4. The number of aryl methyl sites for hydroxylation is 2. The first-order chi connectivity index (χ1) is 12.0. The average Bonchev–Trinajstić information content (AvgIpc) is 3.09. The quantitative estimate of drug-likeness (QED) is 0.211. The molecule has 2 aromatic rings. The normalized spacial score (nSPS) is 9.93. The molecule has 27 heavy (non-hydrogen) atoms. The van der Waals surface area contributed by atoms with Crippen molar-refractivity contribution in [1.29, 1.82) is 0 Å². The van der Waals surface area contributed by atoms with E-state index in [1.807, 2.05) is 0 Å². The molecule has 0 saturated heterocycles. The van der Waals surface area contributed by atoms with E-state index in [1.165, 1.54) is 22.6 Å². The Morgan fingerprint density at radius 2 is 1.33 bits per heavy atom. The Hall–Kier alpha value is 0.974. The molecule has 2 heterocycles. The number of alkyl halides is 4. The van der Waals surface area contributed by atoms with Crippen molar-refractivity contribution in [3.63, 3.8) is 0 Å². The van der Waals surface area contributed by atoms with Gasteiger partial charge in [0.2, 0.25) is 0 Å².